The summed E-state index contributed by atoms with van der Waals surface area (Å²) in [7, 11) is 1.90. The summed E-state index contributed by atoms with van der Waals surface area (Å²) in [6.45, 7) is 5.80. The molecule has 1 saturated carbocycles. The molecule has 0 spiro atoms. The number of rotatable bonds is 2. The van der Waals surface area contributed by atoms with Gasteiger partial charge >= 0.3 is 0 Å². The minimum Gasteiger partial charge on any atom is -0.378 e. The van der Waals surface area contributed by atoms with Crippen molar-refractivity contribution in [3.63, 3.8) is 0 Å². The molecule has 1 atom stereocenters. The summed E-state index contributed by atoms with van der Waals surface area (Å²) >= 11 is 0. The van der Waals surface area contributed by atoms with Crippen LogP contribution in [0, 0.1) is 5.92 Å². The number of ether oxygens (including phenoxy) is 1. The highest BCUT2D eigenvalue weighted by molar-refractivity contribution is 5.05. The Bertz CT molecular complexity index is 206. The van der Waals surface area contributed by atoms with E-state index >= 15 is 0 Å². The fraction of sp³-hybridized carbons (Fsp3) is 1.00. The fourth-order valence-corrected chi connectivity index (χ4v) is 3.61. The highest BCUT2D eigenvalue weighted by Gasteiger charge is 2.50. The van der Waals surface area contributed by atoms with Gasteiger partial charge in [-0.15, -0.1) is 0 Å². The van der Waals surface area contributed by atoms with E-state index in [0.29, 0.717) is 5.92 Å². The summed E-state index contributed by atoms with van der Waals surface area (Å²) in [4.78, 5) is 0. The number of hydrogen-bond donors (Lipinski definition) is 1. The van der Waals surface area contributed by atoms with E-state index in [2.05, 4.69) is 19.2 Å². The molecule has 82 valence electrons. The average molecular weight is 197 g/mol. The second-order valence-electron chi connectivity index (χ2n) is 5.47. The first-order valence-corrected chi connectivity index (χ1v) is 5.91. The monoisotopic (exact) mass is 197 g/mol. The van der Waals surface area contributed by atoms with Crippen molar-refractivity contribution in [3.05, 3.63) is 0 Å². The van der Waals surface area contributed by atoms with Gasteiger partial charge in [-0.2, -0.15) is 0 Å². The summed E-state index contributed by atoms with van der Waals surface area (Å²) in [5.41, 5.74) is 0.452. The van der Waals surface area contributed by atoms with E-state index in [4.69, 9.17) is 4.74 Å². The molecule has 14 heavy (non-hydrogen) atoms. The van der Waals surface area contributed by atoms with Crippen LogP contribution in [0.3, 0.4) is 0 Å². The highest BCUT2D eigenvalue weighted by Crippen LogP contribution is 2.46. The predicted octanol–water partition coefficient (Wildman–Crippen LogP) is 2.33. The molecule has 2 aliphatic rings. The van der Waals surface area contributed by atoms with Crippen molar-refractivity contribution in [1.29, 1.82) is 0 Å². The Morgan fingerprint density at radius 3 is 2.29 bits per heavy atom. The van der Waals surface area contributed by atoms with E-state index in [0.717, 1.165) is 6.54 Å². The molecular weight excluding hydrogens is 174 g/mol. The Hall–Kier alpha value is -0.0800. The number of nitrogens with one attached hydrogen (secondary N) is 1. The summed E-state index contributed by atoms with van der Waals surface area (Å²) in [5.74, 6) is 0.697. The van der Waals surface area contributed by atoms with Crippen LogP contribution in [0.25, 0.3) is 0 Å². The Balaban J connectivity index is 2.19. The molecule has 0 aromatic carbocycles. The first-order chi connectivity index (χ1) is 6.61. The normalized spacial score (nSPS) is 34.9. The van der Waals surface area contributed by atoms with Gasteiger partial charge < -0.3 is 10.1 Å². The summed E-state index contributed by atoms with van der Waals surface area (Å²) in [6.07, 6.45) is 6.50. The van der Waals surface area contributed by atoms with Crippen molar-refractivity contribution < 1.29 is 4.74 Å². The quantitative estimate of drug-likeness (QED) is 0.733. The molecule has 1 saturated heterocycles. The van der Waals surface area contributed by atoms with Crippen LogP contribution in [0.15, 0.2) is 0 Å². The minimum atomic E-state index is 0.188. The Kier molecular flexibility index (Phi) is 2.61. The zero-order valence-corrected chi connectivity index (χ0v) is 9.73. The van der Waals surface area contributed by atoms with Gasteiger partial charge in [0.2, 0.25) is 0 Å². The molecule has 2 nitrogen and oxygen atoms in total. The molecule has 1 aliphatic carbocycles. The van der Waals surface area contributed by atoms with Gasteiger partial charge in [0.05, 0.1) is 5.60 Å². The fourth-order valence-electron chi connectivity index (χ4n) is 3.61. The zero-order chi connectivity index (χ0) is 10.2. The second-order valence-corrected chi connectivity index (χ2v) is 5.47. The molecule has 2 fully saturated rings. The molecule has 0 aromatic heterocycles. The lowest BCUT2D eigenvalue weighted by atomic mass is 9.74. The van der Waals surface area contributed by atoms with Gasteiger partial charge in [-0.1, -0.05) is 12.8 Å². The average Bonchev–Trinajstić information content (AvgIpc) is 2.71. The standard InChI is InChI=1S/C12H23NO/c1-11(2)10(6-9-13-11)12(14-3)7-4-5-8-12/h10,13H,4-9H2,1-3H3. The topological polar surface area (TPSA) is 21.3 Å². The molecule has 2 heteroatoms. The van der Waals surface area contributed by atoms with Gasteiger partial charge in [0.15, 0.2) is 0 Å². The third-order valence-electron chi connectivity index (χ3n) is 4.38. The summed E-state index contributed by atoms with van der Waals surface area (Å²) < 4.78 is 5.88. The van der Waals surface area contributed by atoms with E-state index in [1.165, 1.54) is 32.1 Å². The van der Waals surface area contributed by atoms with E-state index < -0.39 is 0 Å². The predicted molar refractivity (Wildman–Crippen MR) is 58.4 cm³/mol. The molecule has 1 aliphatic heterocycles. The zero-order valence-electron chi connectivity index (χ0n) is 9.73. The Morgan fingerprint density at radius 1 is 1.21 bits per heavy atom. The first kappa shape index (κ1) is 10.4. The Labute approximate surface area is 87.4 Å². The van der Waals surface area contributed by atoms with Crippen LogP contribution in [-0.4, -0.2) is 24.8 Å². The van der Waals surface area contributed by atoms with Gasteiger partial charge in [-0.05, 0) is 39.7 Å². The van der Waals surface area contributed by atoms with Gasteiger partial charge in [-0.3, -0.25) is 0 Å². The van der Waals surface area contributed by atoms with Crippen LogP contribution in [0.2, 0.25) is 0 Å². The maximum absolute atomic E-state index is 5.88. The maximum atomic E-state index is 5.88. The largest absolute Gasteiger partial charge is 0.378 e. The van der Waals surface area contributed by atoms with Crippen LogP contribution >= 0.6 is 0 Å². The molecule has 2 rings (SSSR count). The molecule has 1 unspecified atom stereocenters. The Morgan fingerprint density at radius 2 is 1.86 bits per heavy atom. The van der Waals surface area contributed by atoms with E-state index in [1.54, 1.807) is 0 Å². The van der Waals surface area contributed by atoms with Crippen LogP contribution in [0.4, 0.5) is 0 Å². The van der Waals surface area contributed by atoms with Crippen molar-refractivity contribution in [3.8, 4) is 0 Å². The molecule has 0 bridgehead atoms. The van der Waals surface area contributed by atoms with Gasteiger partial charge in [0.1, 0.15) is 0 Å². The molecule has 0 radical (unpaired) electrons. The van der Waals surface area contributed by atoms with Gasteiger partial charge in [0, 0.05) is 18.6 Å². The van der Waals surface area contributed by atoms with Crippen molar-refractivity contribution in [2.24, 2.45) is 5.92 Å². The lowest BCUT2D eigenvalue weighted by molar-refractivity contribution is -0.0682. The lowest BCUT2D eigenvalue weighted by Gasteiger charge is -2.41. The summed E-state index contributed by atoms with van der Waals surface area (Å²) in [5, 5.41) is 3.60. The van der Waals surface area contributed by atoms with E-state index in [1.807, 2.05) is 7.11 Å². The van der Waals surface area contributed by atoms with Crippen molar-refractivity contribution in [1.82, 2.24) is 5.32 Å². The smallest absolute Gasteiger partial charge is 0.0724 e. The van der Waals surface area contributed by atoms with Crippen molar-refractivity contribution in [2.45, 2.75) is 57.1 Å². The van der Waals surface area contributed by atoms with Crippen LogP contribution in [0.1, 0.15) is 46.0 Å². The van der Waals surface area contributed by atoms with E-state index in [9.17, 15) is 0 Å². The molecular formula is C12H23NO. The SMILES string of the molecule is COC1(C2CCNC2(C)C)CCCC1. The first-order valence-electron chi connectivity index (χ1n) is 5.91. The van der Waals surface area contributed by atoms with Gasteiger partial charge in [0.25, 0.3) is 0 Å². The third kappa shape index (κ3) is 1.49. The molecule has 0 amide bonds. The van der Waals surface area contributed by atoms with Crippen LogP contribution in [-0.2, 0) is 4.74 Å². The second kappa shape index (κ2) is 3.49. The summed E-state index contributed by atoms with van der Waals surface area (Å²) in [6, 6.07) is 0. The highest BCUT2D eigenvalue weighted by atomic mass is 16.5. The molecule has 1 N–H and O–H groups in total. The van der Waals surface area contributed by atoms with Crippen molar-refractivity contribution >= 4 is 0 Å². The third-order valence-corrected chi connectivity index (χ3v) is 4.38. The lowest BCUT2D eigenvalue weighted by Crippen LogP contribution is -2.50. The minimum absolute atomic E-state index is 0.188. The van der Waals surface area contributed by atoms with Gasteiger partial charge in [-0.25, -0.2) is 0 Å². The maximum Gasteiger partial charge on any atom is 0.0724 e. The van der Waals surface area contributed by atoms with E-state index in [-0.39, 0.29) is 11.1 Å². The van der Waals surface area contributed by atoms with Crippen LogP contribution < -0.4 is 5.32 Å². The van der Waals surface area contributed by atoms with Crippen molar-refractivity contribution in [2.75, 3.05) is 13.7 Å². The number of hydrogen-bond acceptors (Lipinski definition) is 2. The van der Waals surface area contributed by atoms with Crippen LogP contribution in [0.5, 0.6) is 0 Å². The molecule has 1 heterocycles. The number of methoxy groups -OCH3 is 1. The molecule has 0 aromatic rings.